The fourth-order valence-corrected chi connectivity index (χ4v) is 2.07. The standard InChI is InChI=1S/C15H33N3O.2ClH/c1-6-17(7-2)10-11-18(12-13(3)4)15(19)9-8-14(5)16;;/h13-14H,6-12,16H2,1-5H3;2*1H. The maximum absolute atomic E-state index is 12.2. The molecule has 1 unspecified atom stereocenters. The number of nitrogens with zero attached hydrogens (tertiary/aromatic N) is 2. The van der Waals surface area contributed by atoms with Crippen LogP contribution in [0.4, 0.5) is 0 Å². The highest BCUT2D eigenvalue weighted by Crippen LogP contribution is 2.05. The van der Waals surface area contributed by atoms with Crippen molar-refractivity contribution in [2.24, 2.45) is 11.7 Å². The summed E-state index contributed by atoms with van der Waals surface area (Å²) in [6, 6.07) is 0.104. The fourth-order valence-electron chi connectivity index (χ4n) is 2.07. The van der Waals surface area contributed by atoms with Crippen LogP contribution in [0.2, 0.25) is 0 Å². The van der Waals surface area contributed by atoms with Crippen LogP contribution in [0, 0.1) is 5.92 Å². The van der Waals surface area contributed by atoms with E-state index in [4.69, 9.17) is 5.73 Å². The molecular weight excluding hydrogens is 309 g/mol. The number of carbonyl (C=O) groups is 1. The van der Waals surface area contributed by atoms with E-state index in [1.807, 2.05) is 11.8 Å². The molecule has 0 aliphatic heterocycles. The van der Waals surface area contributed by atoms with Gasteiger partial charge in [-0.1, -0.05) is 27.7 Å². The van der Waals surface area contributed by atoms with Crippen LogP contribution in [0.1, 0.15) is 47.5 Å². The number of carbonyl (C=O) groups excluding carboxylic acids is 1. The predicted octanol–water partition coefficient (Wildman–Crippen LogP) is 2.78. The van der Waals surface area contributed by atoms with E-state index in [1.54, 1.807) is 0 Å². The second kappa shape index (κ2) is 14.9. The molecule has 2 N–H and O–H groups in total. The molecule has 1 atom stereocenters. The summed E-state index contributed by atoms with van der Waals surface area (Å²) >= 11 is 0. The third kappa shape index (κ3) is 13.4. The van der Waals surface area contributed by atoms with Crippen LogP contribution in [-0.4, -0.2) is 54.5 Å². The lowest BCUT2D eigenvalue weighted by molar-refractivity contribution is -0.132. The molecule has 0 radical (unpaired) electrons. The number of hydrogen-bond donors (Lipinski definition) is 1. The molecule has 0 saturated carbocycles. The Bertz CT molecular complexity index is 247. The van der Waals surface area contributed by atoms with Gasteiger partial charge in [-0.05, 0) is 32.4 Å². The molecule has 0 heterocycles. The maximum Gasteiger partial charge on any atom is 0.222 e. The molecule has 0 saturated heterocycles. The summed E-state index contributed by atoms with van der Waals surface area (Å²) in [4.78, 5) is 16.6. The highest BCUT2D eigenvalue weighted by atomic mass is 35.5. The molecular formula is C15H35Cl2N3O. The van der Waals surface area contributed by atoms with Gasteiger partial charge in [0.25, 0.3) is 0 Å². The van der Waals surface area contributed by atoms with Gasteiger partial charge in [0.1, 0.15) is 0 Å². The average Bonchev–Trinajstić information content (AvgIpc) is 2.35. The van der Waals surface area contributed by atoms with Gasteiger partial charge in [0.2, 0.25) is 5.91 Å². The van der Waals surface area contributed by atoms with Gasteiger partial charge in [-0.3, -0.25) is 4.79 Å². The molecule has 4 nitrogen and oxygen atoms in total. The number of likely N-dealkylation sites (N-methyl/N-ethyl adjacent to an activating group) is 1. The number of halogens is 2. The second-order valence-corrected chi connectivity index (χ2v) is 5.78. The van der Waals surface area contributed by atoms with E-state index >= 15 is 0 Å². The van der Waals surface area contributed by atoms with Gasteiger partial charge >= 0.3 is 0 Å². The lowest BCUT2D eigenvalue weighted by Gasteiger charge is -2.28. The monoisotopic (exact) mass is 343 g/mol. The molecule has 130 valence electrons. The number of amides is 1. The van der Waals surface area contributed by atoms with Crippen molar-refractivity contribution in [1.82, 2.24) is 9.80 Å². The van der Waals surface area contributed by atoms with Crippen molar-refractivity contribution < 1.29 is 4.79 Å². The van der Waals surface area contributed by atoms with E-state index in [1.165, 1.54) is 0 Å². The molecule has 21 heavy (non-hydrogen) atoms. The lowest BCUT2D eigenvalue weighted by Crippen LogP contribution is -2.40. The largest absolute Gasteiger partial charge is 0.341 e. The zero-order valence-electron chi connectivity index (χ0n) is 14.3. The zero-order chi connectivity index (χ0) is 14.8. The van der Waals surface area contributed by atoms with E-state index in [9.17, 15) is 4.79 Å². The third-order valence-electron chi connectivity index (χ3n) is 3.33. The molecule has 0 aromatic rings. The highest BCUT2D eigenvalue weighted by molar-refractivity contribution is 5.85. The van der Waals surface area contributed by atoms with Crippen LogP contribution < -0.4 is 5.73 Å². The molecule has 0 aromatic heterocycles. The van der Waals surface area contributed by atoms with Crippen molar-refractivity contribution >= 4 is 30.7 Å². The Labute approximate surface area is 143 Å². The zero-order valence-corrected chi connectivity index (χ0v) is 15.9. The van der Waals surface area contributed by atoms with E-state index in [-0.39, 0.29) is 36.8 Å². The molecule has 0 aliphatic carbocycles. The van der Waals surface area contributed by atoms with Gasteiger partial charge in [-0.2, -0.15) is 0 Å². The summed E-state index contributed by atoms with van der Waals surface area (Å²) < 4.78 is 0. The Morgan fingerprint density at radius 2 is 1.57 bits per heavy atom. The summed E-state index contributed by atoms with van der Waals surface area (Å²) in [5.41, 5.74) is 5.73. The van der Waals surface area contributed by atoms with E-state index < -0.39 is 0 Å². The summed E-state index contributed by atoms with van der Waals surface area (Å²) in [7, 11) is 0. The van der Waals surface area contributed by atoms with Crippen LogP contribution >= 0.6 is 24.8 Å². The Hall–Kier alpha value is -0.0300. The van der Waals surface area contributed by atoms with Crippen LogP contribution in [0.15, 0.2) is 0 Å². The van der Waals surface area contributed by atoms with Crippen molar-refractivity contribution in [3.8, 4) is 0 Å². The molecule has 0 spiro atoms. The van der Waals surface area contributed by atoms with Gasteiger partial charge in [0.15, 0.2) is 0 Å². The van der Waals surface area contributed by atoms with Crippen molar-refractivity contribution in [1.29, 1.82) is 0 Å². The molecule has 6 heteroatoms. The SMILES string of the molecule is CCN(CC)CCN(CC(C)C)C(=O)CCC(C)N.Cl.Cl. The van der Waals surface area contributed by atoms with Gasteiger partial charge in [0.05, 0.1) is 0 Å². The van der Waals surface area contributed by atoms with Gasteiger partial charge in [-0.15, -0.1) is 24.8 Å². The lowest BCUT2D eigenvalue weighted by atomic mass is 10.1. The third-order valence-corrected chi connectivity index (χ3v) is 3.33. The first-order valence-corrected chi connectivity index (χ1v) is 7.66. The predicted molar refractivity (Wildman–Crippen MR) is 96.6 cm³/mol. The average molecular weight is 344 g/mol. The van der Waals surface area contributed by atoms with Gasteiger partial charge < -0.3 is 15.5 Å². The quantitative estimate of drug-likeness (QED) is 0.663. The number of nitrogens with two attached hydrogens (primary N) is 1. The molecule has 0 fully saturated rings. The van der Waals surface area contributed by atoms with Gasteiger partial charge in [-0.25, -0.2) is 0 Å². The summed E-state index contributed by atoms with van der Waals surface area (Å²) in [5.74, 6) is 0.758. The second-order valence-electron chi connectivity index (χ2n) is 5.78. The van der Waals surface area contributed by atoms with Crippen LogP contribution in [0.25, 0.3) is 0 Å². The Morgan fingerprint density at radius 3 is 1.95 bits per heavy atom. The number of rotatable bonds is 10. The minimum absolute atomic E-state index is 0. The van der Waals surface area contributed by atoms with Crippen LogP contribution in [0.3, 0.4) is 0 Å². The van der Waals surface area contributed by atoms with Crippen LogP contribution in [0.5, 0.6) is 0 Å². The van der Waals surface area contributed by atoms with Gasteiger partial charge in [0, 0.05) is 32.1 Å². The molecule has 0 rings (SSSR count). The topological polar surface area (TPSA) is 49.6 Å². The first-order valence-electron chi connectivity index (χ1n) is 7.66. The summed E-state index contributed by atoms with van der Waals surface area (Å²) in [6.45, 7) is 15.3. The molecule has 0 aliphatic rings. The van der Waals surface area contributed by atoms with Crippen molar-refractivity contribution in [3.05, 3.63) is 0 Å². The Balaban J connectivity index is -0.00000162. The van der Waals surface area contributed by atoms with Crippen molar-refractivity contribution in [2.45, 2.75) is 53.5 Å². The first kappa shape index (κ1) is 25.9. The fraction of sp³-hybridized carbons (Fsp3) is 0.933. The smallest absolute Gasteiger partial charge is 0.222 e. The van der Waals surface area contributed by atoms with E-state index in [0.717, 1.165) is 39.1 Å². The normalized spacial score (nSPS) is 11.8. The number of hydrogen-bond acceptors (Lipinski definition) is 3. The minimum Gasteiger partial charge on any atom is -0.341 e. The first-order chi connectivity index (χ1) is 8.90. The van der Waals surface area contributed by atoms with Crippen molar-refractivity contribution in [3.63, 3.8) is 0 Å². The van der Waals surface area contributed by atoms with E-state index in [2.05, 4.69) is 32.6 Å². The Morgan fingerprint density at radius 1 is 1.05 bits per heavy atom. The molecule has 0 aromatic carbocycles. The molecule has 0 bridgehead atoms. The molecule has 1 amide bonds. The Kier molecular flexibility index (Phi) is 18.4. The van der Waals surface area contributed by atoms with E-state index in [0.29, 0.717) is 12.3 Å². The van der Waals surface area contributed by atoms with Crippen molar-refractivity contribution in [2.75, 3.05) is 32.7 Å². The summed E-state index contributed by atoms with van der Waals surface area (Å²) in [5, 5.41) is 0. The van der Waals surface area contributed by atoms with Crippen LogP contribution in [-0.2, 0) is 4.79 Å². The maximum atomic E-state index is 12.2. The highest BCUT2D eigenvalue weighted by Gasteiger charge is 2.15. The minimum atomic E-state index is 0. The summed E-state index contributed by atoms with van der Waals surface area (Å²) in [6.07, 6.45) is 1.35.